The third-order valence-corrected chi connectivity index (χ3v) is 2.64. The Morgan fingerprint density at radius 3 is 2.88 bits per heavy atom. The maximum atomic E-state index is 11.4. The summed E-state index contributed by atoms with van der Waals surface area (Å²) in [6, 6.07) is 5.86. The second-order valence-electron chi connectivity index (χ2n) is 4.23. The number of ketones is 1. The number of hydrogen-bond donors (Lipinski definition) is 0. The number of nitrogens with zero attached hydrogens (tertiary/aromatic N) is 1. The van der Waals surface area contributed by atoms with Crippen molar-refractivity contribution in [3.8, 4) is 5.75 Å². The van der Waals surface area contributed by atoms with E-state index in [4.69, 9.17) is 4.74 Å². The topological polar surface area (TPSA) is 69.4 Å². The molecule has 0 amide bonds. The van der Waals surface area contributed by atoms with Crippen LogP contribution in [0.2, 0.25) is 0 Å². The van der Waals surface area contributed by atoms with Crippen LogP contribution in [0, 0.1) is 16.0 Å². The third kappa shape index (κ3) is 3.55. The zero-order chi connectivity index (χ0) is 12.3. The zero-order valence-electron chi connectivity index (χ0n) is 9.30. The molecular weight excluding hydrogens is 222 g/mol. The summed E-state index contributed by atoms with van der Waals surface area (Å²) in [5.41, 5.74) is -0.0304. The van der Waals surface area contributed by atoms with E-state index in [2.05, 4.69) is 0 Å². The van der Waals surface area contributed by atoms with E-state index >= 15 is 0 Å². The number of ether oxygens (including phenoxy) is 1. The number of nitro groups is 1. The summed E-state index contributed by atoms with van der Waals surface area (Å²) in [5, 5.41) is 10.5. The standard InChI is InChI=1S/C12H13NO4/c14-11(6-9-4-5-9)8-17-12-3-1-2-10(7-12)13(15)16/h1-3,7,9H,4-6,8H2. The number of benzene rings is 1. The van der Waals surface area contributed by atoms with E-state index in [9.17, 15) is 14.9 Å². The molecule has 0 saturated heterocycles. The van der Waals surface area contributed by atoms with Crippen molar-refractivity contribution in [2.75, 3.05) is 6.61 Å². The monoisotopic (exact) mass is 235 g/mol. The Labute approximate surface area is 98.5 Å². The second kappa shape index (κ2) is 4.95. The molecule has 0 atom stereocenters. The Morgan fingerprint density at radius 2 is 2.24 bits per heavy atom. The fourth-order valence-electron chi connectivity index (χ4n) is 1.55. The molecule has 1 aliphatic carbocycles. The van der Waals surface area contributed by atoms with Crippen LogP contribution in [-0.4, -0.2) is 17.3 Å². The fraction of sp³-hybridized carbons (Fsp3) is 0.417. The van der Waals surface area contributed by atoms with Gasteiger partial charge in [0.25, 0.3) is 5.69 Å². The minimum Gasteiger partial charge on any atom is -0.486 e. The van der Waals surface area contributed by atoms with Crippen molar-refractivity contribution in [2.45, 2.75) is 19.3 Å². The largest absolute Gasteiger partial charge is 0.486 e. The van der Waals surface area contributed by atoms with E-state index in [1.54, 1.807) is 12.1 Å². The summed E-state index contributed by atoms with van der Waals surface area (Å²) in [7, 11) is 0. The van der Waals surface area contributed by atoms with Crippen molar-refractivity contribution in [3.05, 3.63) is 34.4 Å². The molecule has 0 heterocycles. The highest BCUT2D eigenvalue weighted by Gasteiger charge is 2.24. The normalized spacial score (nSPS) is 14.4. The Kier molecular flexibility index (Phi) is 3.37. The molecule has 1 aliphatic rings. The van der Waals surface area contributed by atoms with Gasteiger partial charge in [0.2, 0.25) is 0 Å². The van der Waals surface area contributed by atoms with Gasteiger partial charge in [0, 0.05) is 12.5 Å². The van der Waals surface area contributed by atoms with E-state index in [1.165, 1.54) is 12.1 Å². The minimum atomic E-state index is -0.487. The third-order valence-electron chi connectivity index (χ3n) is 2.64. The maximum Gasteiger partial charge on any atom is 0.273 e. The van der Waals surface area contributed by atoms with E-state index < -0.39 is 4.92 Å². The number of hydrogen-bond acceptors (Lipinski definition) is 4. The molecule has 2 rings (SSSR count). The van der Waals surface area contributed by atoms with Crippen LogP contribution in [0.15, 0.2) is 24.3 Å². The average molecular weight is 235 g/mol. The van der Waals surface area contributed by atoms with Crippen molar-refractivity contribution in [1.29, 1.82) is 0 Å². The number of Topliss-reactive ketones (excluding diaryl/α,β-unsaturated/α-hetero) is 1. The van der Waals surface area contributed by atoms with Crippen molar-refractivity contribution >= 4 is 11.5 Å². The maximum absolute atomic E-state index is 11.4. The smallest absolute Gasteiger partial charge is 0.273 e. The lowest BCUT2D eigenvalue weighted by molar-refractivity contribution is -0.384. The summed E-state index contributed by atoms with van der Waals surface area (Å²) in [6.07, 6.45) is 2.82. The molecule has 5 heteroatoms. The van der Waals surface area contributed by atoms with Crippen LogP contribution in [0.5, 0.6) is 5.75 Å². The number of non-ortho nitro benzene ring substituents is 1. The van der Waals surface area contributed by atoms with Gasteiger partial charge < -0.3 is 4.74 Å². The molecule has 0 aliphatic heterocycles. The molecule has 5 nitrogen and oxygen atoms in total. The predicted octanol–water partition coefficient (Wildman–Crippen LogP) is 2.34. The van der Waals surface area contributed by atoms with Crippen molar-refractivity contribution in [3.63, 3.8) is 0 Å². The van der Waals surface area contributed by atoms with Gasteiger partial charge in [0.15, 0.2) is 5.78 Å². The fourth-order valence-corrected chi connectivity index (χ4v) is 1.55. The van der Waals surface area contributed by atoms with Gasteiger partial charge in [-0.3, -0.25) is 14.9 Å². The lowest BCUT2D eigenvalue weighted by Crippen LogP contribution is -2.11. The molecule has 90 valence electrons. The Bertz CT molecular complexity index is 440. The summed E-state index contributed by atoms with van der Waals surface area (Å²) in [6.45, 7) is -0.00231. The first-order valence-corrected chi connectivity index (χ1v) is 5.54. The highest BCUT2D eigenvalue weighted by atomic mass is 16.6. The van der Waals surface area contributed by atoms with Crippen molar-refractivity contribution in [2.24, 2.45) is 5.92 Å². The Balaban J connectivity index is 1.87. The second-order valence-corrected chi connectivity index (χ2v) is 4.23. The number of carbonyl (C=O) groups is 1. The highest BCUT2D eigenvalue weighted by Crippen LogP contribution is 2.32. The number of nitro benzene ring substituents is 1. The molecule has 1 aromatic rings. The quantitative estimate of drug-likeness (QED) is 0.560. The molecular formula is C12H13NO4. The SMILES string of the molecule is O=C(COc1cccc([N+](=O)[O-])c1)CC1CC1. The van der Waals surface area contributed by atoms with E-state index in [-0.39, 0.29) is 18.1 Å². The first-order valence-electron chi connectivity index (χ1n) is 5.54. The van der Waals surface area contributed by atoms with E-state index in [1.807, 2.05) is 0 Å². The van der Waals surface area contributed by atoms with Gasteiger partial charge in [-0.1, -0.05) is 6.07 Å². The molecule has 0 unspecified atom stereocenters. The van der Waals surface area contributed by atoms with Crippen LogP contribution in [0.25, 0.3) is 0 Å². The van der Waals surface area contributed by atoms with Crippen LogP contribution in [0.1, 0.15) is 19.3 Å². The van der Waals surface area contributed by atoms with Gasteiger partial charge in [-0.15, -0.1) is 0 Å². The summed E-state index contributed by atoms with van der Waals surface area (Å²) in [4.78, 5) is 21.5. The Hall–Kier alpha value is -1.91. The van der Waals surface area contributed by atoms with Gasteiger partial charge in [0.05, 0.1) is 11.0 Å². The van der Waals surface area contributed by atoms with Gasteiger partial charge in [0.1, 0.15) is 12.4 Å². The Morgan fingerprint density at radius 1 is 1.47 bits per heavy atom. The van der Waals surface area contributed by atoms with Crippen LogP contribution in [-0.2, 0) is 4.79 Å². The molecule has 1 aromatic carbocycles. The van der Waals surface area contributed by atoms with E-state index in [0.717, 1.165) is 12.8 Å². The van der Waals surface area contributed by atoms with Crippen LogP contribution in [0.3, 0.4) is 0 Å². The van der Waals surface area contributed by atoms with Crippen molar-refractivity contribution in [1.82, 2.24) is 0 Å². The summed E-state index contributed by atoms with van der Waals surface area (Å²) >= 11 is 0. The van der Waals surface area contributed by atoms with Gasteiger partial charge in [-0.05, 0) is 24.8 Å². The molecule has 17 heavy (non-hydrogen) atoms. The summed E-state index contributed by atoms with van der Waals surface area (Å²) < 4.78 is 5.23. The number of rotatable bonds is 6. The van der Waals surface area contributed by atoms with Crippen LogP contribution >= 0.6 is 0 Å². The lowest BCUT2D eigenvalue weighted by atomic mass is 10.2. The molecule has 0 aromatic heterocycles. The summed E-state index contributed by atoms with van der Waals surface area (Å²) in [5.74, 6) is 0.957. The number of carbonyl (C=O) groups excluding carboxylic acids is 1. The molecule has 0 spiro atoms. The van der Waals surface area contributed by atoms with Crippen molar-refractivity contribution < 1.29 is 14.5 Å². The zero-order valence-corrected chi connectivity index (χ0v) is 9.30. The van der Waals surface area contributed by atoms with Gasteiger partial charge >= 0.3 is 0 Å². The molecule has 1 saturated carbocycles. The van der Waals surface area contributed by atoms with E-state index in [0.29, 0.717) is 18.1 Å². The average Bonchev–Trinajstić information content (AvgIpc) is 3.11. The van der Waals surface area contributed by atoms with Gasteiger partial charge in [-0.2, -0.15) is 0 Å². The van der Waals surface area contributed by atoms with Gasteiger partial charge in [-0.25, -0.2) is 0 Å². The molecule has 0 bridgehead atoms. The predicted molar refractivity (Wildman–Crippen MR) is 60.9 cm³/mol. The molecule has 1 fully saturated rings. The van der Waals surface area contributed by atoms with Crippen LogP contribution < -0.4 is 4.74 Å². The van der Waals surface area contributed by atoms with Crippen LogP contribution in [0.4, 0.5) is 5.69 Å². The first kappa shape index (κ1) is 11.6. The highest BCUT2D eigenvalue weighted by molar-refractivity contribution is 5.80. The molecule has 0 radical (unpaired) electrons. The first-order chi connectivity index (χ1) is 8.15. The minimum absolute atomic E-state index is 0.00231. The molecule has 0 N–H and O–H groups in total. The lowest BCUT2D eigenvalue weighted by Gasteiger charge is -2.04.